The molecule has 1 aromatic rings. The SMILES string of the molecule is CCC(=O)N1CCC(NC(=NC)NCCN2CCN(c3ccc(F)cc3)CC2)C1.I. The number of benzene rings is 1. The van der Waals surface area contributed by atoms with Gasteiger partial charge in [-0.25, -0.2) is 4.39 Å². The summed E-state index contributed by atoms with van der Waals surface area (Å²) in [7, 11) is 1.78. The van der Waals surface area contributed by atoms with Crippen LogP contribution >= 0.6 is 24.0 Å². The Morgan fingerprint density at radius 1 is 1.17 bits per heavy atom. The first-order valence-electron chi connectivity index (χ1n) is 10.6. The molecule has 2 aliphatic rings. The third-order valence-electron chi connectivity index (χ3n) is 5.69. The maximum atomic E-state index is 13.1. The smallest absolute Gasteiger partial charge is 0.222 e. The largest absolute Gasteiger partial charge is 0.369 e. The molecule has 1 aromatic carbocycles. The molecule has 1 amide bonds. The van der Waals surface area contributed by atoms with Crippen molar-refractivity contribution in [1.82, 2.24) is 20.4 Å². The Bertz CT molecular complexity index is 693. The lowest BCUT2D eigenvalue weighted by Crippen LogP contribution is -2.50. The minimum absolute atomic E-state index is 0. The number of nitrogens with zero attached hydrogens (tertiary/aromatic N) is 4. The molecule has 0 radical (unpaired) electrons. The monoisotopic (exact) mass is 532 g/mol. The number of carbonyl (C=O) groups excluding carboxylic acids is 1. The average molecular weight is 532 g/mol. The van der Waals surface area contributed by atoms with E-state index >= 15 is 0 Å². The van der Waals surface area contributed by atoms with E-state index in [-0.39, 0.29) is 41.7 Å². The molecule has 2 heterocycles. The first-order chi connectivity index (χ1) is 14.1. The maximum Gasteiger partial charge on any atom is 0.222 e. The molecule has 0 aromatic heterocycles. The van der Waals surface area contributed by atoms with E-state index in [1.54, 1.807) is 7.05 Å². The second-order valence-corrected chi connectivity index (χ2v) is 7.63. The Morgan fingerprint density at radius 2 is 1.87 bits per heavy atom. The Hall–Kier alpha value is -1.62. The van der Waals surface area contributed by atoms with Crippen LogP contribution in [0.15, 0.2) is 29.3 Å². The van der Waals surface area contributed by atoms with E-state index in [1.165, 1.54) is 12.1 Å². The van der Waals surface area contributed by atoms with Gasteiger partial charge < -0.3 is 20.4 Å². The summed E-state index contributed by atoms with van der Waals surface area (Å²) >= 11 is 0. The first-order valence-corrected chi connectivity index (χ1v) is 10.6. The number of carbonyl (C=O) groups is 1. The summed E-state index contributed by atoms with van der Waals surface area (Å²) in [6.45, 7) is 9.11. The molecule has 1 unspecified atom stereocenters. The molecule has 2 fully saturated rings. The van der Waals surface area contributed by atoms with Gasteiger partial charge in [-0.1, -0.05) is 6.92 Å². The van der Waals surface area contributed by atoms with E-state index in [4.69, 9.17) is 0 Å². The lowest BCUT2D eigenvalue weighted by Gasteiger charge is -2.36. The highest BCUT2D eigenvalue weighted by molar-refractivity contribution is 14.0. The van der Waals surface area contributed by atoms with Crippen LogP contribution in [0.2, 0.25) is 0 Å². The zero-order valence-electron chi connectivity index (χ0n) is 17.9. The summed E-state index contributed by atoms with van der Waals surface area (Å²) in [5.74, 6) is 0.825. The number of aliphatic imine (C=N–C) groups is 1. The van der Waals surface area contributed by atoms with Crippen molar-refractivity contribution in [1.29, 1.82) is 0 Å². The van der Waals surface area contributed by atoms with Gasteiger partial charge in [0.2, 0.25) is 5.91 Å². The molecule has 2 saturated heterocycles. The fraction of sp³-hybridized carbons (Fsp3) is 0.619. The van der Waals surface area contributed by atoms with Gasteiger partial charge >= 0.3 is 0 Å². The van der Waals surface area contributed by atoms with E-state index in [9.17, 15) is 9.18 Å². The van der Waals surface area contributed by atoms with Crippen LogP contribution in [-0.4, -0.2) is 87.1 Å². The maximum absolute atomic E-state index is 13.1. The van der Waals surface area contributed by atoms with Gasteiger partial charge in [0.1, 0.15) is 5.82 Å². The molecule has 0 bridgehead atoms. The lowest BCUT2D eigenvalue weighted by atomic mass is 10.2. The predicted molar refractivity (Wildman–Crippen MR) is 130 cm³/mol. The molecule has 0 saturated carbocycles. The number of anilines is 1. The van der Waals surface area contributed by atoms with Gasteiger partial charge in [-0.05, 0) is 30.7 Å². The summed E-state index contributed by atoms with van der Waals surface area (Å²) in [6.07, 6.45) is 1.52. The van der Waals surface area contributed by atoms with Crippen LogP contribution in [0.5, 0.6) is 0 Å². The van der Waals surface area contributed by atoms with Crippen LogP contribution in [0, 0.1) is 5.82 Å². The zero-order chi connectivity index (χ0) is 20.6. The van der Waals surface area contributed by atoms with Crippen LogP contribution in [0.1, 0.15) is 19.8 Å². The molecule has 0 aliphatic carbocycles. The van der Waals surface area contributed by atoms with E-state index < -0.39 is 0 Å². The van der Waals surface area contributed by atoms with E-state index in [0.29, 0.717) is 6.42 Å². The fourth-order valence-corrected chi connectivity index (χ4v) is 3.93. The molecule has 168 valence electrons. The lowest BCUT2D eigenvalue weighted by molar-refractivity contribution is -0.129. The van der Waals surface area contributed by atoms with Crippen molar-refractivity contribution in [3.63, 3.8) is 0 Å². The van der Waals surface area contributed by atoms with Crippen LogP contribution in [0.3, 0.4) is 0 Å². The molecule has 30 heavy (non-hydrogen) atoms. The number of guanidine groups is 1. The van der Waals surface area contributed by atoms with Crippen LogP contribution in [0.4, 0.5) is 10.1 Å². The van der Waals surface area contributed by atoms with Gasteiger partial charge in [-0.2, -0.15) is 0 Å². The minimum Gasteiger partial charge on any atom is -0.369 e. The fourth-order valence-electron chi connectivity index (χ4n) is 3.93. The van der Waals surface area contributed by atoms with Gasteiger partial charge in [-0.3, -0.25) is 14.7 Å². The number of piperazine rings is 1. The van der Waals surface area contributed by atoms with Gasteiger partial charge in [0.25, 0.3) is 0 Å². The van der Waals surface area contributed by atoms with E-state index in [1.807, 2.05) is 24.0 Å². The Kier molecular flexibility index (Phi) is 10.1. The Morgan fingerprint density at radius 3 is 2.50 bits per heavy atom. The number of halogens is 2. The van der Waals surface area contributed by atoms with Crippen molar-refractivity contribution in [2.24, 2.45) is 4.99 Å². The van der Waals surface area contributed by atoms with Crippen LogP contribution < -0.4 is 15.5 Å². The first kappa shape index (κ1) is 24.6. The van der Waals surface area contributed by atoms with Crippen molar-refractivity contribution in [2.45, 2.75) is 25.8 Å². The molecule has 1 atom stereocenters. The second-order valence-electron chi connectivity index (χ2n) is 7.63. The number of hydrogen-bond donors (Lipinski definition) is 2. The number of rotatable bonds is 6. The molecule has 2 N–H and O–H groups in total. The third kappa shape index (κ3) is 6.97. The Labute approximate surface area is 196 Å². The normalized spacial score (nSPS) is 20.1. The highest BCUT2D eigenvalue weighted by atomic mass is 127. The van der Waals surface area contributed by atoms with Crippen molar-refractivity contribution in [3.05, 3.63) is 30.1 Å². The highest BCUT2D eigenvalue weighted by Gasteiger charge is 2.25. The van der Waals surface area contributed by atoms with Crippen molar-refractivity contribution >= 4 is 41.5 Å². The van der Waals surface area contributed by atoms with E-state index in [2.05, 4.69) is 25.4 Å². The van der Waals surface area contributed by atoms with Gasteiger partial charge in [-0.15, -0.1) is 24.0 Å². The van der Waals surface area contributed by atoms with Crippen molar-refractivity contribution < 1.29 is 9.18 Å². The summed E-state index contributed by atoms with van der Waals surface area (Å²) in [6, 6.07) is 7.00. The minimum atomic E-state index is -0.192. The molecular formula is C21H34FIN6O. The summed E-state index contributed by atoms with van der Waals surface area (Å²) in [4.78, 5) is 22.8. The highest BCUT2D eigenvalue weighted by Crippen LogP contribution is 2.16. The van der Waals surface area contributed by atoms with Crippen molar-refractivity contribution in [2.75, 3.05) is 64.3 Å². The summed E-state index contributed by atoms with van der Waals surface area (Å²) < 4.78 is 13.1. The van der Waals surface area contributed by atoms with Crippen LogP contribution in [-0.2, 0) is 4.79 Å². The van der Waals surface area contributed by atoms with E-state index in [0.717, 1.165) is 70.4 Å². The zero-order valence-corrected chi connectivity index (χ0v) is 20.3. The molecule has 9 heteroatoms. The third-order valence-corrected chi connectivity index (χ3v) is 5.69. The number of hydrogen-bond acceptors (Lipinski definition) is 4. The molecule has 2 aliphatic heterocycles. The van der Waals surface area contributed by atoms with Crippen molar-refractivity contribution in [3.8, 4) is 0 Å². The Balaban J connectivity index is 0.00000320. The summed E-state index contributed by atoms with van der Waals surface area (Å²) in [5, 5.41) is 6.82. The standard InChI is InChI=1S/C21H33FN6O.HI/c1-3-20(29)28-10-8-18(16-28)25-21(23-2)24-9-11-26-12-14-27(15-13-26)19-6-4-17(22)5-7-19;/h4-7,18H,3,8-16H2,1-2H3,(H2,23,24,25);1H. The molecule has 3 rings (SSSR count). The van der Waals surface area contributed by atoms with Crippen LogP contribution in [0.25, 0.3) is 0 Å². The second kappa shape index (κ2) is 12.3. The predicted octanol–water partition coefficient (Wildman–Crippen LogP) is 1.74. The number of amides is 1. The topological polar surface area (TPSA) is 63.2 Å². The summed E-state index contributed by atoms with van der Waals surface area (Å²) in [5.41, 5.74) is 1.08. The van der Waals surface area contributed by atoms with Gasteiger partial charge in [0, 0.05) is 77.6 Å². The molecule has 7 nitrogen and oxygen atoms in total. The molecule has 0 spiro atoms. The number of nitrogens with one attached hydrogen (secondary N) is 2. The van der Waals surface area contributed by atoms with Gasteiger partial charge in [0.15, 0.2) is 5.96 Å². The van der Waals surface area contributed by atoms with Gasteiger partial charge in [0.05, 0.1) is 0 Å². The average Bonchev–Trinajstić information content (AvgIpc) is 3.22. The molecular weight excluding hydrogens is 498 g/mol. The quantitative estimate of drug-likeness (QED) is 0.332. The number of likely N-dealkylation sites (tertiary alicyclic amines) is 1.